The van der Waals surface area contributed by atoms with E-state index in [4.69, 9.17) is 5.11 Å². The normalized spacial score (nSPS) is 26.4. The third kappa shape index (κ3) is 3.92. The molecule has 1 aliphatic heterocycles. The van der Waals surface area contributed by atoms with Gasteiger partial charge in [0, 0.05) is 12.1 Å². The van der Waals surface area contributed by atoms with Crippen LogP contribution < -0.4 is 5.32 Å². The number of nitrogens with zero attached hydrogens (tertiary/aromatic N) is 1. The van der Waals surface area contributed by atoms with Crippen molar-refractivity contribution >= 4 is 21.7 Å². The van der Waals surface area contributed by atoms with Crippen LogP contribution in [0.5, 0.6) is 0 Å². The molecule has 2 N–H and O–H groups in total. The number of sulfone groups is 1. The maximum atomic E-state index is 12.0. The number of hydrogen-bond acceptors (Lipinski definition) is 5. The van der Waals surface area contributed by atoms with Crippen LogP contribution in [-0.2, 0) is 19.4 Å². The van der Waals surface area contributed by atoms with Crippen LogP contribution in [0.1, 0.15) is 26.2 Å². The molecule has 2 atom stereocenters. The molecule has 1 aliphatic carbocycles. The molecule has 2 aliphatic rings. The van der Waals surface area contributed by atoms with Crippen molar-refractivity contribution in [3.05, 3.63) is 0 Å². The minimum Gasteiger partial charge on any atom is -0.480 e. The van der Waals surface area contributed by atoms with Gasteiger partial charge in [0.05, 0.1) is 24.1 Å². The third-order valence-electron chi connectivity index (χ3n) is 3.80. The molecule has 1 heterocycles. The molecular weight excluding hydrogens is 284 g/mol. The molecule has 114 valence electrons. The topological polar surface area (TPSA) is 104 Å². The van der Waals surface area contributed by atoms with Gasteiger partial charge in [0.25, 0.3) is 0 Å². The van der Waals surface area contributed by atoms with Gasteiger partial charge in [0.1, 0.15) is 0 Å². The van der Waals surface area contributed by atoms with Gasteiger partial charge in [-0.15, -0.1) is 0 Å². The highest BCUT2D eigenvalue weighted by Gasteiger charge is 2.38. The first-order valence-electron chi connectivity index (χ1n) is 6.77. The summed E-state index contributed by atoms with van der Waals surface area (Å²) in [6.07, 6.45) is 2.29. The van der Waals surface area contributed by atoms with Gasteiger partial charge in [-0.05, 0) is 26.2 Å². The van der Waals surface area contributed by atoms with Crippen molar-refractivity contribution < 1.29 is 23.1 Å². The molecule has 0 radical (unpaired) electrons. The van der Waals surface area contributed by atoms with Crippen LogP contribution in [0.2, 0.25) is 0 Å². The molecule has 7 nitrogen and oxygen atoms in total. The number of carboxylic acid groups (broad SMARTS) is 1. The molecule has 0 spiro atoms. The molecule has 2 fully saturated rings. The van der Waals surface area contributed by atoms with Crippen LogP contribution in [0.4, 0.5) is 0 Å². The first kappa shape index (κ1) is 15.2. The summed E-state index contributed by atoms with van der Waals surface area (Å²) in [5.74, 6) is -1.29. The summed E-state index contributed by atoms with van der Waals surface area (Å²) in [4.78, 5) is 24.5. The van der Waals surface area contributed by atoms with Gasteiger partial charge in [0.15, 0.2) is 9.84 Å². The molecular formula is C12H20N2O5S. The Kier molecular flexibility index (Phi) is 4.33. The van der Waals surface area contributed by atoms with Crippen molar-refractivity contribution in [2.24, 2.45) is 0 Å². The Balaban J connectivity index is 2.05. The van der Waals surface area contributed by atoms with Crippen molar-refractivity contribution in [2.75, 3.05) is 18.1 Å². The van der Waals surface area contributed by atoms with E-state index >= 15 is 0 Å². The Labute approximate surface area is 118 Å². The highest BCUT2D eigenvalue weighted by molar-refractivity contribution is 7.91. The Morgan fingerprint density at radius 3 is 2.45 bits per heavy atom. The second kappa shape index (κ2) is 5.69. The summed E-state index contributed by atoms with van der Waals surface area (Å²) in [6.45, 7) is 1.31. The smallest absolute Gasteiger partial charge is 0.317 e. The minimum absolute atomic E-state index is 0.0603. The van der Waals surface area contributed by atoms with E-state index in [-0.39, 0.29) is 30.0 Å². The lowest BCUT2D eigenvalue weighted by Crippen LogP contribution is -2.52. The zero-order valence-corrected chi connectivity index (χ0v) is 12.2. The Bertz CT molecular complexity index is 500. The molecule has 0 aromatic heterocycles. The summed E-state index contributed by atoms with van der Waals surface area (Å²) in [5.41, 5.74) is 0. The molecule has 0 aromatic carbocycles. The highest BCUT2D eigenvalue weighted by atomic mass is 32.2. The van der Waals surface area contributed by atoms with Crippen LogP contribution in [0.15, 0.2) is 0 Å². The zero-order valence-electron chi connectivity index (χ0n) is 11.4. The molecule has 1 amide bonds. The van der Waals surface area contributed by atoms with Gasteiger partial charge in [0.2, 0.25) is 5.91 Å². The maximum absolute atomic E-state index is 12.0. The van der Waals surface area contributed by atoms with Crippen LogP contribution in [0.3, 0.4) is 0 Å². The van der Waals surface area contributed by atoms with E-state index < -0.39 is 27.9 Å². The quantitative estimate of drug-likeness (QED) is 0.667. The van der Waals surface area contributed by atoms with E-state index in [1.54, 1.807) is 6.92 Å². The molecule has 2 rings (SSSR count). The van der Waals surface area contributed by atoms with E-state index in [1.807, 2.05) is 0 Å². The fourth-order valence-electron chi connectivity index (χ4n) is 2.48. The number of rotatable bonds is 6. The SMILES string of the molecule is CC(C(=O)NC1CC1)N(CC(=O)O)C1CCS(=O)(=O)C1. The largest absolute Gasteiger partial charge is 0.480 e. The zero-order chi connectivity index (χ0) is 14.9. The first-order valence-corrected chi connectivity index (χ1v) is 8.59. The van der Waals surface area contributed by atoms with Crippen molar-refractivity contribution in [2.45, 2.75) is 44.3 Å². The lowest BCUT2D eigenvalue weighted by Gasteiger charge is -2.31. The summed E-state index contributed by atoms with van der Waals surface area (Å²) in [6, 6.07) is -0.829. The first-order chi connectivity index (χ1) is 9.28. The van der Waals surface area contributed by atoms with Crippen molar-refractivity contribution in [3.63, 3.8) is 0 Å². The Morgan fingerprint density at radius 2 is 2.00 bits per heavy atom. The van der Waals surface area contributed by atoms with E-state index in [2.05, 4.69) is 5.32 Å². The molecule has 0 bridgehead atoms. The second-order valence-electron chi connectivity index (χ2n) is 5.58. The van der Waals surface area contributed by atoms with Gasteiger partial charge >= 0.3 is 5.97 Å². The van der Waals surface area contributed by atoms with Crippen molar-refractivity contribution in [1.29, 1.82) is 0 Å². The number of amides is 1. The van der Waals surface area contributed by atoms with E-state index in [1.165, 1.54) is 4.90 Å². The highest BCUT2D eigenvalue weighted by Crippen LogP contribution is 2.22. The number of carbonyl (C=O) groups excluding carboxylic acids is 1. The second-order valence-corrected chi connectivity index (χ2v) is 7.81. The van der Waals surface area contributed by atoms with Gasteiger partial charge in [-0.1, -0.05) is 0 Å². The predicted octanol–water partition coefficient (Wildman–Crippen LogP) is -0.773. The summed E-state index contributed by atoms with van der Waals surface area (Å²) >= 11 is 0. The number of hydrogen-bond donors (Lipinski definition) is 2. The third-order valence-corrected chi connectivity index (χ3v) is 5.55. The van der Waals surface area contributed by atoms with Crippen LogP contribution in [-0.4, -0.2) is 66.5 Å². The fourth-order valence-corrected chi connectivity index (χ4v) is 4.22. The van der Waals surface area contributed by atoms with E-state index in [9.17, 15) is 18.0 Å². The average molecular weight is 304 g/mol. The standard InChI is InChI=1S/C12H20N2O5S/c1-8(12(17)13-9-2-3-9)14(6-11(15)16)10-4-5-20(18,19)7-10/h8-10H,2-7H2,1H3,(H,13,17)(H,15,16). The summed E-state index contributed by atoms with van der Waals surface area (Å²) < 4.78 is 23.1. The molecule has 0 aromatic rings. The lowest BCUT2D eigenvalue weighted by atomic mass is 10.1. The molecule has 20 heavy (non-hydrogen) atoms. The Hall–Kier alpha value is -1.15. The van der Waals surface area contributed by atoms with Gasteiger partial charge < -0.3 is 10.4 Å². The van der Waals surface area contributed by atoms with Gasteiger partial charge in [-0.25, -0.2) is 8.42 Å². The predicted molar refractivity (Wildman–Crippen MR) is 72.0 cm³/mol. The van der Waals surface area contributed by atoms with Crippen LogP contribution in [0.25, 0.3) is 0 Å². The molecule has 2 unspecified atom stereocenters. The maximum Gasteiger partial charge on any atom is 0.317 e. The lowest BCUT2D eigenvalue weighted by molar-refractivity contribution is -0.140. The van der Waals surface area contributed by atoms with E-state index in [0.29, 0.717) is 6.42 Å². The number of carboxylic acids is 1. The summed E-state index contributed by atoms with van der Waals surface area (Å²) in [5, 5.41) is 11.8. The average Bonchev–Trinajstić information content (AvgIpc) is 3.07. The van der Waals surface area contributed by atoms with Crippen LogP contribution >= 0.6 is 0 Å². The molecule has 1 saturated carbocycles. The van der Waals surface area contributed by atoms with Gasteiger partial charge in [-0.3, -0.25) is 14.5 Å². The van der Waals surface area contributed by atoms with Crippen molar-refractivity contribution in [3.8, 4) is 0 Å². The Morgan fingerprint density at radius 1 is 1.35 bits per heavy atom. The molecule has 1 saturated heterocycles. The minimum atomic E-state index is -3.11. The fraction of sp³-hybridized carbons (Fsp3) is 0.833. The monoisotopic (exact) mass is 304 g/mol. The number of carbonyl (C=O) groups is 2. The molecule has 8 heteroatoms. The van der Waals surface area contributed by atoms with Gasteiger partial charge in [-0.2, -0.15) is 0 Å². The number of nitrogens with one attached hydrogen (secondary N) is 1. The van der Waals surface area contributed by atoms with Crippen molar-refractivity contribution in [1.82, 2.24) is 10.2 Å². The summed E-state index contributed by atoms with van der Waals surface area (Å²) in [7, 11) is -3.11. The number of aliphatic carboxylic acids is 1. The van der Waals surface area contributed by atoms with Crippen LogP contribution in [0, 0.1) is 0 Å². The van der Waals surface area contributed by atoms with E-state index in [0.717, 1.165) is 12.8 Å².